The van der Waals surface area contributed by atoms with E-state index in [0.717, 1.165) is 0 Å². The van der Waals surface area contributed by atoms with E-state index in [1.54, 1.807) is 18.3 Å². The van der Waals surface area contributed by atoms with Gasteiger partial charge in [0.2, 0.25) is 5.88 Å². The van der Waals surface area contributed by atoms with Crippen molar-refractivity contribution in [2.75, 3.05) is 6.61 Å². The highest BCUT2D eigenvalue weighted by atomic mass is 79.9. The van der Waals surface area contributed by atoms with Crippen LogP contribution in [0.25, 0.3) is 10.8 Å². The topological polar surface area (TPSA) is 104 Å². The van der Waals surface area contributed by atoms with Crippen LogP contribution in [0.3, 0.4) is 0 Å². The molecule has 1 aliphatic heterocycles. The number of rotatable bonds is 7. The summed E-state index contributed by atoms with van der Waals surface area (Å²) in [6.45, 7) is 5.59. The number of fused-ring (bicyclic) bond motifs is 1. The predicted molar refractivity (Wildman–Crippen MR) is 110 cm³/mol. The molecule has 0 radical (unpaired) electrons. The van der Waals surface area contributed by atoms with E-state index in [9.17, 15) is 14.0 Å². The summed E-state index contributed by atoms with van der Waals surface area (Å²) in [6, 6.07) is 2.84. The van der Waals surface area contributed by atoms with Crippen LogP contribution in [0.1, 0.15) is 37.6 Å². The molecule has 7 nitrogen and oxygen atoms in total. The van der Waals surface area contributed by atoms with Crippen LogP contribution in [0.4, 0.5) is 4.39 Å². The van der Waals surface area contributed by atoms with Crippen molar-refractivity contribution in [3.05, 3.63) is 28.4 Å². The van der Waals surface area contributed by atoms with E-state index in [1.165, 1.54) is 0 Å². The van der Waals surface area contributed by atoms with E-state index in [-0.39, 0.29) is 18.3 Å². The third kappa shape index (κ3) is 4.29. The van der Waals surface area contributed by atoms with Gasteiger partial charge in [-0.15, -0.1) is 0 Å². The van der Waals surface area contributed by atoms with Crippen molar-refractivity contribution >= 4 is 38.5 Å². The largest absolute Gasteiger partial charge is 0.490 e. The number of primary amides is 1. The Morgan fingerprint density at radius 2 is 2.10 bits per heavy atom. The molecule has 3 rings (SSSR count). The van der Waals surface area contributed by atoms with Gasteiger partial charge in [0.15, 0.2) is 6.17 Å². The number of pyridine rings is 1. The maximum absolute atomic E-state index is 14.0. The first kappa shape index (κ1) is 21.3. The van der Waals surface area contributed by atoms with E-state index in [2.05, 4.69) is 26.2 Å². The average molecular weight is 468 g/mol. The minimum absolute atomic E-state index is 0.0757. The molecule has 9 heteroatoms. The lowest BCUT2D eigenvalue weighted by Crippen LogP contribution is -2.34. The standard InChI is InChI=1S/C20H23BrFN3O4/c1-4-10-15(25-19(27)17(10)22)8-28-20-12-6-16(29-9(2)3)13(18(23)26)5-11(12)14(21)7-24-20/h5-7,9-10,15,17H,4,8H2,1-3H3,(H2,23,26)(H,25,27)/t10-,15+,17-/m0/s1. The van der Waals surface area contributed by atoms with Gasteiger partial charge >= 0.3 is 0 Å². The highest BCUT2D eigenvalue weighted by Crippen LogP contribution is 2.36. The molecule has 2 aromatic rings. The minimum Gasteiger partial charge on any atom is -0.490 e. The molecule has 0 aliphatic carbocycles. The Balaban J connectivity index is 1.97. The molecule has 0 saturated carbocycles. The van der Waals surface area contributed by atoms with Gasteiger partial charge in [0.1, 0.15) is 12.4 Å². The van der Waals surface area contributed by atoms with Crippen LogP contribution in [0.2, 0.25) is 0 Å². The Hall–Kier alpha value is -2.42. The van der Waals surface area contributed by atoms with Crippen LogP contribution in [0.15, 0.2) is 22.8 Å². The number of nitrogens with one attached hydrogen (secondary N) is 1. The summed E-state index contributed by atoms with van der Waals surface area (Å²) in [5.41, 5.74) is 5.76. The Kier molecular flexibility index (Phi) is 6.26. The maximum atomic E-state index is 14.0. The summed E-state index contributed by atoms with van der Waals surface area (Å²) in [4.78, 5) is 27.8. The zero-order valence-corrected chi connectivity index (χ0v) is 18.0. The van der Waals surface area contributed by atoms with Gasteiger partial charge in [0.25, 0.3) is 11.8 Å². The molecule has 1 aliphatic rings. The van der Waals surface area contributed by atoms with Crippen molar-refractivity contribution in [1.29, 1.82) is 0 Å². The average Bonchev–Trinajstić information content (AvgIpc) is 2.93. The van der Waals surface area contributed by atoms with E-state index in [1.807, 2.05) is 20.8 Å². The van der Waals surface area contributed by atoms with Gasteiger partial charge in [0.05, 0.1) is 17.7 Å². The molecular weight excluding hydrogens is 445 g/mol. The van der Waals surface area contributed by atoms with Gasteiger partial charge in [0, 0.05) is 27.4 Å². The molecule has 3 atom stereocenters. The van der Waals surface area contributed by atoms with Crippen LogP contribution < -0.4 is 20.5 Å². The van der Waals surface area contributed by atoms with Gasteiger partial charge < -0.3 is 20.5 Å². The molecule has 1 saturated heterocycles. The highest BCUT2D eigenvalue weighted by molar-refractivity contribution is 9.10. The molecule has 3 N–H and O–H groups in total. The molecule has 156 valence electrons. The second-order valence-electron chi connectivity index (χ2n) is 7.24. The molecule has 1 aromatic heterocycles. The van der Waals surface area contributed by atoms with Crippen LogP contribution in [0, 0.1) is 5.92 Å². The first-order chi connectivity index (χ1) is 13.7. The number of carbonyl (C=O) groups excluding carboxylic acids is 2. The van der Waals surface area contributed by atoms with Crippen molar-refractivity contribution in [2.45, 2.75) is 45.5 Å². The predicted octanol–water partition coefficient (Wildman–Crippen LogP) is 3.12. The Morgan fingerprint density at radius 1 is 1.38 bits per heavy atom. The lowest BCUT2D eigenvalue weighted by molar-refractivity contribution is -0.123. The van der Waals surface area contributed by atoms with Gasteiger partial charge in [-0.2, -0.15) is 0 Å². The summed E-state index contributed by atoms with van der Waals surface area (Å²) < 4.78 is 26.3. The summed E-state index contributed by atoms with van der Waals surface area (Å²) in [5, 5.41) is 3.91. The molecule has 1 fully saturated rings. The first-order valence-electron chi connectivity index (χ1n) is 9.38. The number of ether oxygens (including phenoxy) is 2. The maximum Gasteiger partial charge on any atom is 0.255 e. The van der Waals surface area contributed by atoms with Crippen LogP contribution >= 0.6 is 15.9 Å². The fourth-order valence-corrected chi connectivity index (χ4v) is 3.89. The molecule has 29 heavy (non-hydrogen) atoms. The molecule has 1 aromatic carbocycles. The van der Waals surface area contributed by atoms with Gasteiger partial charge in [-0.3, -0.25) is 9.59 Å². The summed E-state index contributed by atoms with van der Waals surface area (Å²) in [7, 11) is 0. The molecule has 0 bridgehead atoms. The van der Waals surface area contributed by atoms with Gasteiger partial charge in [-0.1, -0.05) is 6.92 Å². The number of hydrogen-bond donors (Lipinski definition) is 2. The minimum atomic E-state index is -1.53. The Morgan fingerprint density at radius 3 is 2.72 bits per heavy atom. The number of alkyl halides is 1. The monoisotopic (exact) mass is 467 g/mol. The number of nitrogens with zero attached hydrogens (tertiary/aromatic N) is 1. The summed E-state index contributed by atoms with van der Waals surface area (Å²) in [5.74, 6) is -1.06. The fraction of sp³-hybridized carbons (Fsp3) is 0.450. The second-order valence-corrected chi connectivity index (χ2v) is 8.09. The normalized spacial score (nSPS) is 21.4. The number of aromatic nitrogens is 1. The third-order valence-corrected chi connectivity index (χ3v) is 5.50. The lowest BCUT2D eigenvalue weighted by atomic mass is 9.97. The van der Waals surface area contributed by atoms with E-state index >= 15 is 0 Å². The molecule has 0 unspecified atom stereocenters. The number of hydrogen-bond acceptors (Lipinski definition) is 5. The van der Waals surface area contributed by atoms with Crippen LogP contribution in [-0.4, -0.2) is 41.7 Å². The number of carbonyl (C=O) groups is 2. The number of benzene rings is 1. The number of nitrogens with two attached hydrogens (primary N) is 1. The van der Waals surface area contributed by atoms with Crippen LogP contribution in [-0.2, 0) is 4.79 Å². The fourth-order valence-electron chi connectivity index (χ4n) is 3.46. The van der Waals surface area contributed by atoms with Gasteiger partial charge in [-0.25, -0.2) is 9.37 Å². The van der Waals surface area contributed by atoms with Crippen molar-refractivity contribution in [3.63, 3.8) is 0 Å². The SMILES string of the molecule is CC[C@@H]1[C@H](F)C(=O)N[C@@H]1COc1ncc(Br)c2cc(C(N)=O)c(OC(C)C)cc12. The summed E-state index contributed by atoms with van der Waals surface area (Å²) in [6.07, 6.45) is 0.355. The Labute approximate surface area is 176 Å². The van der Waals surface area contributed by atoms with Crippen molar-refractivity contribution in [3.8, 4) is 11.6 Å². The number of halogens is 2. The lowest BCUT2D eigenvalue weighted by Gasteiger charge is -2.19. The van der Waals surface area contributed by atoms with E-state index in [0.29, 0.717) is 33.3 Å². The molecule has 2 amide bonds. The molecular formula is C20H23BrFN3O4. The zero-order chi connectivity index (χ0) is 21.3. The first-order valence-corrected chi connectivity index (χ1v) is 10.2. The van der Waals surface area contributed by atoms with Gasteiger partial charge in [-0.05, 0) is 48.3 Å². The summed E-state index contributed by atoms with van der Waals surface area (Å²) >= 11 is 3.43. The van der Waals surface area contributed by atoms with Crippen molar-refractivity contribution in [1.82, 2.24) is 10.3 Å². The second kappa shape index (κ2) is 8.52. The smallest absolute Gasteiger partial charge is 0.255 e. The number of amides is 2. The van der Waals surface area contributed by atoms with E-state index < -0.39 is 29.9 Å². The van der Waals surface area contributed by atoms with Crippen molar-refractivity contribution in [2.24, 2.45) is 11.7 Å². The van der Waals surface area contributed by atoms with E-state index in [4.69, 9.17) is 15.2 Å². The Bertz CT molecular complexity index is 953. The van der Waals surface area contributed by atoms with Crippen LogP contribution in [0.5, 0.6) is 11.6 Å². The molecule has 2 heterocycles. The zero-order valence-electron chi connectivity index (χ0n) is 16.4. The quantitative estimate of drug-likeness (QED) is 0.650. The molecule has 0 spiro atoms. The van der Waals surface area contributed by atoms with Crippen molar-refractivity contribution < 1.29 is 23.5 Å². The third-order valence-electron chi connectivity index (χ3n) is 4.87. The highest BCUT2D eigenvalue weighted by Gasteiger charge is 2.41.